The number of sulfonamides is 1. The molecular formula is C13H17BrN4O2S. The van der Waals surface area contributed by atoms with Crippen LogP contribution in [0.5, 0.6) is 0 Å². The Morgan fingerprint density at radius 2 is 2.05 bits per heavy atom. The van der Waals surface area contributed by atoms with Crippen LogP contribution in [-0.4, -0.2) is 24.7 Å². The second-order valence-electron chi connectivity index (χ2n) is 4.62. The Morgan fingerprint density at radius 3 is 2.57 bits per heavy atom. The van der Waals surface area contributed by atoms with Gasteiger partial charge in [0.05, 0.1) is 32.1 Å². The lowest BCUT2D eigenvalue weighted by atomic mass is 10.2. The number of nitrogens with two attached hydrogens (primary N) is 1. The fourth-order valence-electron chi connectivity index (χ4n) is 2.01. The zero-order chi connectivity index (χ0) is 15.8. The van der Waals surface area contributed by atoms with Crippen LogP contribution < -0.4 is 10.5 Å². The number of nitrogens with one attached hydrogen (secondary N) is 1. The first-order valence-electron chi connectivity index (χ1n) is 6.39. The third-order valence-corrected chi connectivity index (χ3v) is 5.77. The Bertz CT molecular complexity index is 784. The molecule has 0 bridgehead atoms. The molecule has 3 N–H and O–H groups in total. The maximum absolute atomic E-state index is 12.1. The summed E-state index contributed by atoms with van der Waals surface area (Å²) in [5.41, 5.74) is 8.65. The lowest BCUT2D eigenvalue weighted by molar-refractivity contribution is 0.584. The van der Waals surface area contributed by atoms with Crippen LogP contribution in [-0.2, 0) is 10.0 Å². The largest absolute Gasteiger partial charge is 0.397 e. The monoisotopic (exact) mass is 372 g/mol. The predicted octanol–water partition coefficient (Wildman–Crippen LogP) is 2.13. The number of hydrogen-bond donors (Lipinski definition) is 2. The maximum atomic E-state index is 12.1. The summed E-state index contributed by atoms with van der Waals surface area (Å²) in [6, 6.07) is 4.58. The molecule has 2 rings (SSSR count). The van der Waals surface area contributed by atoms with Crippen molar-refractivity contribution in [1.82, 2.24) is 14.5 Å². The zero-order valence-corrected chi connectivity index (χ0v) is 14.4. The normalized spacial score (nSPS) is 11.8. The van der Waals surface area contributed by atoms with Gasteiger partial charge in [-0.05, 0) is 48.0 Å². The average molecular weight is 373 g/mol. The van der Waals surface area contributed by atoms with E-state index in [0.717, 1.165) is 15.9 Å². The van der Waals surface area contributed by atoms with Gasteiger partial charge in [-0.3, -0.25) is 0 Å². The third-order valence-electron chi connectivity index (χ3n) is 3.08. The van der Waals surface area contributed by atoms with E-state index in [-0.39, 0.29) is 4.90 Å². The number of anilines is 1. The van der Waals surface area contributed by atoms with Gasteiger partial charge in [0, 0.05) is 6.54 Å². The van der Waals surface area contributed by atoms with Crippen LogP contribution in [0.3, 0.4) is 0 Å². The van der Waals surface area contributed by atoms with Crippen LogP contribution in [0.4, 0.5) is 5.69 Å². The fraction of sp³-hybridized carbons (Fsp3) is 0.308. The first-order valence-corrected chi connectivity index (χ1v) is 8.66. The highest BCUT2D eigenvalue weighted by molar-refractivity contribution is 9.10. The highest BCUT2D eigenvalue weighted by atomic mass is 79.9. The summed E-state index contributed by atoms with van der Waals surface area (Å²) in [6.07, 6.45) is 0. The van der Waals surface area contributed by atoms with Gasteiger partial charge in [0.2, 0.25) is 10.0 Å². The second kappa shape index (κ2) is 5.78. The maximum Gasteiger partial charge on any atom is 0.240 e. The molecule has 0 spiro atoms. The Kier molecular flexibility index (Phi) is 4.40. The number of aromatic nitrogens is 2. The van der Waals surface area contributed by atoms with Crippen LogP contribution in [0.15, 0.2) is 27.6 Å². The molecule has 0 radical (unpaired) electrons. The quantitative estimate of drug-likeness (QED) is 0.804. The van der Waals surface area contributed by atoms with E-state index in [1.807, 2.05) is 13.8 Å². The molecule has 0 saturated carbocycles. The highest BCUT2D eigenvalue weighted by Gasteiger charge is 2.17. The van der Waals surface area contributed by atoms with Crippen molar-refractivity contribution < 1.29 is 8.42 Å². The van der Waals surface area contributed by atoms with Crippen LogP contribution in [0.1, 0.15) is 18.3 Å². The van der Waals surface area contributed by atoms with Gasteiger partial charge in [-0.2, -0.15) is 5.10 Å². The SMILES string of the molecule is CCNS(=O)(=O)c1ccc(N)c(-n2nc(C)c(Br)c2C)c1. The van der Waals surface area contributed by atoms with Crippen molar-refractivity contribution in [3.05, 3.63) is 34.1 Å². The van der Waals surface area contributed by atoms with E-state index in [1.54, 1.807) is 17.7 Å². The molecule has 6 nitrogen and oxygen atoms in total. The Labute approximate surface area is 132 Å². The molecule has 1 aromatic heterocycles. The van der Waals surface area contributed by atoms with E-state index in [0.29, 0.717) is 17.9 Å². The predicted molar refractivity (Wildman–Crippen MR) is 86.0 cm³/mol. The minimum Gasteiger partial charge on any atom is -0.397 e. The Balaban J connectivity index is 2.62. The van der Waals surface area contributed by atoms with E-state index in [2.05, 4.69) is 25.8 Å². The molecule has 0 amide bonds. The first kappa shape index (κ1) is 16.0. The molecule has 2 aromatic rings. The van der Waals surface area contributed by atoms with E-state index >= 15 is 0 Å². The van der Waals surface area contributed by atoms with Crippen LogP contribution in [0.25, 0.3) is 5.69 Å². The van der Waals surface area contributed by atoms with Gasteiger partial charge in [-0.15, -0.1) is 0 Å². The topological polar surface area (TPSA) is 90.0 Å². The molecule has 0 aliphatic carbocycles. The lowest BCUT2D eigenvalue weighted by Crippen LogP contribution is -2.23. The third kappa shape index (κ3) is 2.97. The highest BCUT2D eigenvalue weighted by Crippen LogP contribution is 2.27. The standard InChI is InChI=1S/C13H17BrN4O2S/c1-4-16-21(19,20)10-5-6-11(15)12(7-10)18-9(3)13(14)8(2)17-18/h5-7,16H,4,15H2,1-3H3. The molecule has 0 aliphatic rings. The molecule has 0 saturated heterocycles. The fourth-order valence-corrected chi connectivity index (χ4v) is 3.31. The summed E-state index contributed by atoms with van der Waals surface area (Å²) in [4.78, 5) is 0.164. The van der Waals surface area contributed by atoms with Gasteiger partial charge in [-0.1, -0.05) is 6.92 Å². The van der Waals surface area contributed by atoms with Crippen molar-refractivity contribution in [2.75, 3.05) is 12.3 Å². The van der Waals surface area contributed by atoms with E-state index in [1.165, 1.54) is 12.1 Å². The van der Waals surface area contributed by atoms with E-state index < -0.39 is 10.0 Å². The van der Waals surface area contributed by atoms with Gasteiger partial charge in [0.1, 0.15) is 0 Å². The number of rotatable bonds is 4. The van der Waals surface area contributed by atoms with E-state index in [9.17, 15) is 8.42 Å². The van der Waals surface area contributed by atoms with Crippen molar-refractivity contribution in [2.45, 2.75) is 25.7 Å². The molecule has 114 valence electrons. The number of halogens is 1. The summed E-state index contributed by atoms with van der Waals surface area (Å²) >= 11 is 3.45. The van der Waals surface area contributed by atoms with Crippen molar-refractivity contribution in [1.29, 1.82) is 0 Å². The summed E-state index contributed by atoms with van der Waals surface area (Å²) in [7, 11) is -3.53. The zero-order valence-electron chi connectivity index (χ0n) is 12.0. The Hall–Kier alpha value is -1.38. The number of hydrogen-bond acceptors (Lipinski definition) is 4. The van der Waals surface area contributed by atoms with E-state index in [4.69, 9.17) is 5.73 Å². The summed E-state index contributed by atoms with van der Waals surface area (Å²) in [6.45, 7) is 5.80. The summed E-state index contributed by atoms with van der Waals surface area (Å²) in [5.74, 6) is 0. The minimum atomic E-state index is -3.53. The molecule has 1 aromatic carbocycles. The number of nitrogens with zero attached hydrogens (tertiary/aromatic N) is 2. The van der Waals surface area contributed by atoms with Crippen molar-refractivity contribution in [3.63, 3.8) is 0 Å². The van der Waals surface area contributed by atoms with Gasteiger partial charge >= 0.3 is 0 Å². The van der Waals surface area contributed by atoms with Crippen LogP contribution in [0.2, 0.25) is 0 Å². The van der Waals surface area contributed by atoms with Crippen molar-refractivity contribution in [2.24, 2.45) is 0 Å². The molecule has 21 heavy (non-hydrogen) atoms. The first-order chi connectivity index (χ1) is 9.77. The minimum absolute atomic E-state index is 0.164. The second-order valence-corrected chi connectivity index (χ2v) is 7.18. The molecule has 0 fully saturated rings. The summed E-state index contributed by atoms with van der Waals surface area (Å²) < 4.78 is 29.2. The van der Waals surface area contributed by atoms with Crippen LogP contribution >= 0.6 is 15.9 Å². The number of benzene rings is 1. The molecule has 8 heteroatoms. The van der Waals surface area contributed by atoms with Gasteiger partial charge in [-0.25, -0.2) is 17.8 Å². The lowest BCUT2D eigenvalue weighted by Gasteiger charge is -2.11. The number of nitrogen functional groups attached to an aromatic ring is 1. The molecular weight excluding hydrogens is 356 g/mol. The molecule has 0 unspecified atom stereocenters. The number of aryl methyl sites for hydroxylation is 1. The van der Waals surface area contributed by atoms with Gasteiger partial charge in [0.15, 0.2) is 0 Å². The molecule has 0 atom stereocenters. The molecule has 1 heterocycles. The molecule has 0 aliphatic heterocycles. The van der Waals surface area contributed by atoms with Gasteiger partial charge < -0.3 is 5.73 Å². The smallest absolute Gasteiger partial charge is 0.240 e. The average Bonchev–Trinajstić information content (AvgIpc) is 2.67. The van der Waals surface area contributed by atoms with Crippen molar-refractivity contribution >= 4 is 31.6 Å². The Morgan fingerprint density at radius 1 is 1.38 bits per heavy atom. The van der Waals surface area contributed by atoms with Crippen molar-refractivity contribution in [3.8, 4) is 5.69 Å². The van der Waals surface area contributed by atoms with Crippen LogP contribution in [0, 0.1) is 13.8 Å². The van der Waals surface area contributed by atoms with Gasteiger partial charge in [0.25, 0.3) is 0 Å². The summed E-state index contributed by atoms with van der Waals surface area (Å²) in [5, 5.41) is 4.38.